The number of hydrogen-bond acceptors (Lipinski definition) is 3. The van der Waals surface area contributed by atoms with Gasteiger partial charge in [0.2, 0.25) is 5.91 Å². The van der Waals surface area contributed by atoms with Gasteiger partial charge in [-0.3, -0.25) is 4.79 Å². The number of hydrogen-bond donors (Lipinski definition) is 2. The summed E-state index contributed by atoms with van der Waals surface area (Å²) < 4.78 is 4.93. The van der Waals surface area contributed by atoms with Crippen molar-refractivity contribution in [1.29, 1.82) is 0 Å². The fourth-order valence-electron chi connectivity index (χ4n) is 1.37. The van der Waals surface area contributed by atoms with Crippen LogP contribution in [0.15, 0.2) is 24.3 Å². The topological polar surface area (TPSA) is 58.6 Å². The Kier molecular flexibility index (Phi) is 5.53. The number of aliphatic hydroxyl groups is 1. The minimum atomic E-state index is -0.200. The first-order valence-corrected chi connectivity index (χ1v) is 5.34. The third-order valence-corrected chi connectivity index (χ3v) is 2.14. The molecule has 0 aromatic heterocycles. The molecule has 1 aromatic carbocycles. The number of benzene rings is 1. The number of aliphatic hydroxyl groups excluding tert-OH is 1. The van der Waals surface area contributed by atoms with Crippen molar-refractivity contribution in [2.24, 2.45) is 0 Å². The zero-order valence-corrected chi connectivity index (χ0v) is 9.40. The molecule has 0 atom stereocenters. The molecule has 0 heterocycles. The van der Waals surface area contributed by atoms with Crippen LogP contribution in [0.25, 0.3) is 0 Å². The van der Waals surface area contributed by atoms with Crippen molar-refractivity contribution in [2.45, 2.75) is 13.3 Å². The van der Waals surface area contributed by atoms with Crippen LogP contribution in [0.4, 0.5) is 5.69 Å². The molecule has 4 nitrogen and oxygen atoms in total. The number of aryl methyl sites for hydroxylation is 1. The summed E-state index contributed by atoms with van der Waals surface area (Å²) in [6.45, 7) is 2.12. The van der Waals surface area contributed by atoms with Crippen molar-refractivity contribution in [3.8, 4) is 0 Å². The van der Waals surface area contributed by atoms with Gasteiger partial charge in [0.15, 0.2) is 0 Å². The maximum atomic E-state index is 11.4. The predicted molar refractivity (Wildman–Crippen MR) is 62.4 cm³/mol. The first-order valence-electron chi connectivity index (χ1n) is 5.34. The Morgan fingerprint density at radius 3 is 2.88 bits per heavy atom. The van der Waals surface area contributed by atoms with Gasteiger partial charge in [-0.15, -0.1) is 0 Å². The monoisotopic (exact) mass is 223 g/mol. The molecule has 0 fully saturated rings. The lowest BCUT2D eigenvalue weighted by atomic mass is 10.1. The van der Waals surface area contributed by atoms with Crippen LogP contribution < -0.4 is 5.32 Å². The van der Waals surface area contributed by atoms with Gasteiger partial charge in [-0.1, -0.05) is 25.1 Å². The van der Waals surface area contributed by atoms with Gasteiger partial charge in [0.25, 0.3) is 0 Å². The molecule has 0 aliphatic heterocycles. The molecule has 1 rings (SSSR count). The summed E-state index contributed by atoms with van der Waals surface area (Å²) in [5.41, 5.74) is 1.92. The maximum Gasteiger partial charge on any atom is 0.250 e. The Hall–Kier alpha value is -1.39. The van der Waals surface area contributed by atoms with E-state index in [2.05, 4.69) is 5.32 Å². The zero-order chi connectivity index (χ0) is 11.8. The highest BCUT2D eigenvalue weighted by molar-refractivity contribution is 5.92. The van der Waals surface area contributed by atoms with E-state index in [-0.39, 0.29) is 25.7 Å². The van der Waals surface area contributed by atoms with Gasteiger partial charge < -0.3 is 15.2 Å². The van der Waals surface area contributed by atoms with Crippen LogP contribution in [0.3, 0.4) is 0 Å². The van der Waals surface area contributed by atoms with Gasteiger partial charge in [0, 0.05) is 5.69 Å². The van der Waals surface area contributed by atoms with Crippen molar-refractivity contribution in [2.75, 3.05) is 25.1 Å². The van der Waals surface area contributed by atoms with Crippen molar-refractivity contribution in [3.63, 3.8) is 0 Å². The Labute approximate surface area is 95.2 Å². The van der Waals surface area contributed by atoms with Gasteiger partial charge in [0.05, 0.1) is 13.2 Å². The smallest absolute Gasteiger partial charge is 0.250 e. The van der Waals surface area contributed by atoms with Gasteiger partial charge in [-0.2, -0.15) is 0 Å². The number of rotatable bonds is 6. The minimum absolute atomic E-state index is 0.0292. The Balaban J connectivity index is 2.49. The Morgan fingerprint density at radius 2 is 2.19 bits per heavy atom. The Morgan fingerprint density at radius 1 is 1.44 bits per heavy atom. The molecule has 1 amide bonds. The number of nitrogens with one attached hydrogen (secondary N) is 1. The summed E-state index contributed by atoms with van der Waals surface area (Å²) in [6, 6.07) is 7.66. The van der Waals surface area contributed by atoms with Crippen LogP contribution in [0.5, 0.6) is 0 Å². The van der Waals surface area contributed by atoms with E-state index in [0.29, 0.717) is 0 Å². The van der Waals surface area contributed by atoms with Crippen molar-refractivity contribution in [3.05, 3.63) is 29.8 Å². The highest BCUT2D eigenvalue weighted by Gasteiger charge is 2.04. The molecule has 16 heavy (non-hydrogen) atoms. The van der Waals surface area contributed by atoms with E-state index < -0.39 is 0 Å². The largest absolute Gasteiger partial charge is 0.394 e. The highest BCUT2D eigenvalue weighted by Crippen LogP contribution is 2.14. The fraction of sp³-hybridized carbons (Fsp3) is 0.417. The van der Waals surface area contributed by atoms with Gasteiger partial charge in [-0.25, -0.2) is 0 Å². The van der Waals surface area contributed by atoms with Crippen LogP contribution in [0.1, 0.15) is 12.5 Å². The van der Waals surface area contributed by atoms with Gasteiger partial charge in [0.1, 0.15) is 6.61 Å². The number of anilines is 1. The maximum absolute atomic E-state index is 11.4. The second-order valence-corrected chi connectivity index (χ2v) is 3.34. The molecule has 0 saturated carbocycles. The standard InChI is InChI=1S/C12H17NO3/c1-2-10-5-3-4-6-11(10)13-12(15)9-16-8-7-14/h3-6,14H,2,7-9H2,1H3,(H,13,15). The molecule has 0 spiro atoms. The third kappa shape index (κ3) is 4.00. The molecule has 0 aliphatic rings. The summed E-state index contributed by atoms with van der Waals surface area (Å²) in [7, 11) is 0. The van der Waals surface area contributed by atoms with Crippen LogP contribution in [-0.2, 0) is 16.0 Å². The van der Waals surface area contributed by atoms with Crippen molar-refractivity contribution in [1.82, 2.24) is 0 Å². The van der Waals surface area contributed by atoms with Crippen molar-refractivity contribution < 1.29 is 14.6 Å². The highest BCUT2D eigenvalue weighted by atomic mass is 16.5. The van der Waals surface area contributed by atoms with Crippen LogP contribution in [0, 0.1) is 0 Å². The average molecular weight is 223 g/mol. The van der Waals surface area contributed by atoms with E-state index in [1.165, 1.54) is 0 Å². The molecular formula is C12H17NO3. The molecule has 0 aliphatic carbocycles. The first kappa shape index (κ1) is 12.7. The molecular weight excluding hydrogens is 206 g/mol. The van der Waals surface area contributed by atoms with E-state index in [0.717, 1.165) is 17.7 Å². The molecule has 0 unspecified atom stereocenters. The molecule has 0 radical (unpaired) electrons. The van der Waals surface area contributed by atoms with Crippen LogP contribution in [0.2, 0.25) is 0 Å². The van der Waals surface area contributed by atoms with Crippen LogP contribution >= 0.6 is 0 Å². The Bertz CT molecular complexity index is 339. The number of amides is 1. The summed E-state index contributed by atoms with van der Waals surface area (Å²) in [6.07, 6.45) is 0.869. The lowest BCUT2D eigenvalue weighted by Gasteiger charge is -2.09. The average Bonchev–Trinajstić information content (AvgIpc) is 2.30. The molecule has 4 heteroatoms. The number of carbonyl (C=O) groups is 1. The summed E-state index contributed by atoms with van der Waals surface area (Å²) in [5, 5.41) is 11.3. The van der Waals surface area contributed by atoms with E-state index in [1.54, 1.807) is 0 Å². The number of ether oxygens (including phenoxy) is 1. The molecule has 1 aromatic rings. The molecule has 88 valence electrons. The second kappa shape index (κ2) is 6.98. The molecule has 0 bridgehead atoms. The summed E-state index contributed by atoms with van der Waals surface area (Å²) >= 11 is 0. The predicted octanol–water partition coefficient (Wildman–Crippen LogP) is 1.20. The van der Waals surface area contributed by atoms with Crippen molar-refractivity contribution >= 4 is 11.6 Å². The number of carbonyl (C=O) groups excluding carboxylic acids is 1. The van der Waals surface area contributed by atoms with Crippen LogP contribution in [-0.4, -0.2) is 30.8 Å². The lowest BCUT2D eigenvalue weighted by molar-refractivity contribution is -0.120. The fourth-order valence-corrected chi connectivity index (χ4v) is 1.37. The van der Waals surface area contributed by atoms with Gasteiger partial charge in [-0.05, 0) is 18.1 Å². The summed E-state index contributed by atoms with van der Waals surface area (Å²) in [5.74, 6) is -0.200. The normalized spacial score (nSPS) is 10.1. The number of para-hydroxylation sites is 1. The second-order valence-electron chi connectivity index (χ2n) is 3.34. The van der Waals surface area contributed by atoms with Gasteiger partial charge >= 0.3 is 0 Å². The van der Waals surface area contributed by atoms with E-state index in [4.69, 9.17) is 9.84 Å². The molecule has 2 N–H and O–H groups in total. The third-order valence-electron chi connectivity index (χ3n) is 2.14. The summed E-state index contributed by atoms with van der Waals surface area (Å²) in [4.78, 5) is 11.4. The zero-order valence-electron chi connectivity index (χ0n) is 9.40. The van der Waals surface area contributed by atoms with E-state index in [1.807, 2.05) is 31.2 Å². The lowest BCUT2D eigenvalue weighted by Crippen LogP contribution is -2.20. The van der Waals surface area contributed by atoms with E-state index in [9.17, 15) is 4.79 Å². The quantitative estimate of drug-likeness (QED) is 0.712. The SMILES string of the molecule is CCc1ccccc1NC(=O)COCCO. The van der Waals surface area contributed by atoms with E-state index >= 15 is 0 Å². The molecule has 0 saturated heterocycles. The minimum Gasteiger partial charge on any atom is -0.394 e. The first-order chi connectivity index (χ1) is 7.77.